The number of hydrogen-bond acceptors (Lipinski definition) is 5. The summed E-state index contributed by atoms with van der Waals surface area (Å²) in [6.07, 6.45) is 0.474. The van der Waals surface area contributed by atoms with E-state index >= 15 is 0 Å². The zero-order valence-electron chi connectivity index (χ0n) is 13.8. The van der Waals surface area contributed by atoms with Gasteiger partial charge in [-0.25, -0.2) is 4.98 Å². The third kappa shape index (κ3) is 3.57. The summed E-state index contributed by atoms with van der Waals surface area (Å²) in [5.41, 5.74) is 0.310. The number of aromatic nitrogens is 2. The van der Waals surface area contributed by atoms with Crippen LogP contribution in [0.25, 0.3) is 10.9 Å². The van der Waals surface area contributed by atoms with Gasteiger partial charge in [0.25, 0.3) is 5.56 Å². The van der Waals surface area contributed by atoms with Gasteiger partial charge in [-0.2, -0.15) is 0 Å². The van der Waals surface area contributed by atoms with E-state index in [-0.39, 0.29) is 55.6 Å². The number of amides is 3. The van der Waals surface area contributed by atoms with E-state index in [1.165, 1.54) is 4.90 Å². The zero-order valence-corrected chi connectivity index (χ0v) is 13.8. The number of nitrogens with zero attached hydrogens (tertiary/aromatic N) is 3. The summed E-state index contributed by atoms with van der Waals surface area (Å²) in [4.78, 5) is 56.9. The molecule has 2 heterocycles. The molecule has 1 fully saturated rings. The Morgan fingerprint density at radius 3 is 2.60 bits per heavy atom. The molecule has 0 radical (unpaired) electrons. The Morgan fingerprint density at radius 1 is 1.20 bits per heavy atom. The number of likely N-dealkylation sites (tertiary alicyclic amines) is 1. The van der Waals surface area contributed by atoms with Crippen LogP contribution in [0.4, 0.5) is 0 Å². The van der Waals surface area contributed by atoms with E-state index < -0.39 is 0 Å². The molecule has 8 nitrogen and oxygen atoms in total. The minimum atomic E-state index is -0.255. The minimum absolute atomic E-state index is 0.0474. The average molecular weight is 342 g/mol. The van der Waals surface area contributed by atoms with Crippen molar-refractivity contribution < 1.29 is 14.4 Å². The maximum absolute atomic E-state index is 12.2. The van der Waals surface area contributed by atoms with Gasteiger partial charge in [-0.1, -0.05) is 12.1 Å². The van der Waals surface area contributed by atoms with Crippen LogP contribution in [0.3, 0.4) is 0 Å². The summed E-state index contributed by atoms with van der Waals surface area (Å²) in [6, 6.07) is 6.97. The second-order valence-electron chi connectivity index (χ2n) is 5.97. The Hall–Kier alpha value is -3.03. The topological polar surface area (TPSA) is 103 Å². The Bertz CT molecular complexity index is 889. The molecule has 1 N–H and O–H groups in total. The van der Waals surface area contributed by atoms with Gasteiger partial charge in [0.1, 0.15) is 5.82 Å². The third-order valence-corrected chi connectivity index (χ3v) is 4.18. The standard InChI is InChI=1S/C17H18N4O4/c1-20(14(22)8-9-21-15(23)6-7-16(21)24)10-13-18-12-5-3-2-4-11(12)17(25)19-13/h2-5H,6-10H2,1H3,(H,18,19,25). The molecule has 8 heteroatoms. The molecule has 0 spiro atoms. The number of fused-ring (bicyclic) bond motifs is 1. The van der Waals surface area contributed by atoms with Gasteiger partial charge in [0.15, 0.2) is 0 Å². The van der Waals surface area contributed by atoms with Gasteiger partial charge in [0, 0.05) is 32.9 Å². The first-order valence-electron chi connectivity index (χ1n) is 8.01. The molecule has 3 amide bonds. The fourth-order valence-corrected chi connectivity index (χ4v) is 2.79. The van der Waals surface area contributed by atoms with Crippen LogP contribution in [0.5, 0.6) is 0 Å². The van der Waals surface area contributed by atoms with E-state index in [1.54, 1.807) is 31.3 Å². The monoisotopic (exact) mass is 342 g/mol. The number of imide groups is 1. The second kappa shape index (κ2) is 6.84. The number of benzene rings is 1. The van der Waals surface area contributed by atoms with Crippen molar-refractivity contribution in [2.75, 3.05) is 13.6 Å². The zero-order chi connectivity index (χ0) is 18.0. The number of H-pyrrole nitrogens is 1. The Labute approximate surface area is 143 Å². The predicted molar refractivity (Wildman–Crippen MR) is 89.4 cm³/mol. The van der Waals surface area contributed by atoms with E-state index in [0.29, 0.717) is 16.7 Å². The van der Waals surface area contributed by atoms with Crippen molar-refractivity contribution >= 4 is 28.6 Å². The van der Waals surface area contributed by atoms with E-state index in [0.717, 1.165) is 4.90 Å². The lowest BCUT2D eigenvalue weighted by atomic mass is 10.2. The summed E-state index contributed by atoms with van der Waals surface area (Å²) in [5.74, 6) is -0.321. The number of rotatable bonds is 5. The van der Waals surface area contributed by atoms with Crippen LogP contribution in [0.15, 0.2) is 29.1 Å². The molecule has 130 valence electrons. The first-order valence-corrected chi connectivity index (χ1v) is 8.01. The molecule has 0 saturated carbocycles. The molecule has 1 aliphatic rings. The number of hydrogen-bond donors (Lipinski definition) is 1. The molecular formula is C17H18N4O4. The molecule has 1 aliphatic heterocycles. The van der Waals surface area contributed by atoms with Gasteiger partial charge in [-0.3, -0.25) is 24.1 Å². The molecule has 25 heavy (non-hydrogen) atoms. The molecule has 3 rings (SSSR count). The highest BCUT2D eigenvalue weighted by Gasteiger charge is 2.29. The van der Waals surface area contributed by atoms with Crippen LogP contribution in [-0.2, 0) is 20.9 Å². The van der Waals surface area contributed by atoms with Crippen LogP contribution >= 0.6 is 0 Å². The molecular weight excluding hydrogens is 324 g/mol. The van der Waals surface area contributed by atoms with Crippen molar-refractivity contribution in [3.8, 4) is 0 Å². The number of carbonyl (C=O) groups excluding carboxylic acids is 3. The average Bonchev–Trinajstić information content (AvgIpc) is 2.91. The van der Waals surface area contributed by atoms with Crippen molar-refractivity contribution in [3.63, 3.8) is 0 Å². The molecule has 0 bridgehead atoms. The van der Waals surface area contributed by atoms with Crippen molar-refractivity contribution in [1.82, 2.24) is 19.8 Å². The van der Waals surface area contributed by atoms with Gasteiger partial charge < -0.3 is 9.88 Å². The molecule has 0 unspecified atom stereocenters. The summed E-state index contributed by atoms with van der Waals surface area (Å²) in [6.45, 7) is 0.226. The highest BCUT2D eigenvalue weighted by atomic mass is 16.2. The molecule has 0 aliphatic carbocycles. The van der Waals surface area contributed by atoms with Crippen LogP contribution < -0.4 is 5.56 Å². The van der Waals surface area contributed by atoms with E-state index in [1.807, 2.05) is 0 Å². The van der Waals surface area contributed by atoms with Crippen molar-refractivity contribution in [1.29, 1.82) is 0 Å². The minimum Gasteiger partial charge on any atom is -0.338 e. The van der Waals surface area contributed by atoms with Crippen LogP contribution in [0, 0.1) is 0 Å². The number of aromatic amines is 1. The van der Waals surface area contributed by atoms with Crippen molar-refractivity contribution in [3.05, 3.63) is 40.4 Å². The Morgan fingerprint density at radius 2 is 1.88 bits per heavy atom. The van der Waals surface area contributed by atoms with Crippen LogP contribution in [0.1, 0.15) is 25.1 Å². The number of nitrogens with one attached hydrogen (secondary N) is 1. The Balaban J connectivity index is 1.64. The van der Waals surface area contributed by atoms with Crippen molar-refractivity contribution in [2.24, 2.45) is 0 Å². The lowest BCUT2D eigenvalue weighted by Crippen LogP contribution is -2.35. The van der Waals surface area contributed by atoms with Gasteiger partial charge in [0.2, 0.25) is 17.7 Å². The fraction of sp³-hybridized carbons (Fsp3) is 0.353. The fourth-order valence-electron chi connectivity index (χ4n) is 2.79. The summed E-state index contributed by atoms with van der Waals surface area (Å²) < 4.78 is 0. The lowest BCUT2D eigenvalue weighted by molar-refractivity contribution is -0.139. The summed E-state index contributed by atoms with van der Waals surface area (Å²) >= 11 is 0. The normalized spacial score (nSPS) is 14.4. The van der Waals surface area contributed by atoms with Gasteiger partial charge in [-0.05, 0) is 12.1 Å². The lowest BCUT2D eigenvalue weighted by Gasteiger charge is -2.19. The molecule has 1 aromatic carbocycles. The molecule has 2 aromatic rings. The highest BCUT2D eigenvalue weighted by Crippen LogP contribution is 2.12. The third-order valence-electron chi connectivity index (χ3n) is 4.18. The van der Waals surface area contributed by atoms with E-state index in [2.05, 4.69) is 9.97 Å². The highest BCUT2D eigenvalue weighted by molar-refractivity contribution is 6.02. The second-order valence-corrected chi connectivity index (χ2v) is 5.97. The van der Waals surface area contributed by atoms with Gasteiger partial charge >= 0.3 is 0 Å². The maximum Gasteiger partial charge on any atom is 0.258 e. The summed E-state index contributed by atoms with van der Waals surface area (Å²) in [5, 5.41) is 0.492. The number of carbonyl (C=O) groups is 3. The first kappa shape index (κ1) is 16.8. The largest absolute Gasteiger partial charge is 0.338 e. The molecule has 0 atom stereocenters. The van der Waals surface area contributed by atoms with E-state index in [4.69, 9.17) is 0 Å². The molecule has 1 saturated heterocycles. The van der Waals surface area contributed by atoms with Gasteiger partial charge in [-0.15, -0.1) is 0 Å². The predicted octanol–water partition coefficient (Wildman–Crippen LogP) is 0.421. The maximum atomic E-state index is 12.2. The smallest absolute Gasteiger partial charge is 0.258 e. The van der Waals surface area contributed by atoms with Crippen LogP contribution in [0.2, 0.25) is 0 Å². The van der Waals surface area contributed by atoms with Gasteiger partial charge in [0.05, 0.1) is 17.4 Å². The molecule has 1 aromatic heterocycles. The summed E-state index contributed by atoms with van der Waals surface area (Å²) in [7, 11) is 1.59. The SMILES string of the molecule is CN(Cc1nc2ccccc2c(=O)[nH]1)C(=O)CCN1C(=O)CCC1=O. The van der Waals surface area contributed by atoms with Crippen LogP contribution in [-0.4, -0.2) is 51.1 Å². The van der Waals surface area contributed by atoms with E-state index in [9.17, 15) is 19.2 Å². The quantitative estimate of drug-likeness (QED) is 0.793. The Kier molecular flexibility index (Phi) is 4.60. The number of para-hydroxylation sites is 1. The first-order chi connectivity index (χ1) is 12.0. The van der Waals surface area contributed by atoms with Crippen molar-refractivity contribution in [2.45, 2.75) is 25.8 Å².